The molecule has 0 atom stereocenters. The number of ether oxygens (including phenoxy) is 1. The third kappa shape index (κ3) is 5.18. The van der Waals surface area contributed by atoms with E-state index in [9.17, 15) is 4.79 Å². The number of carbonyl (C=O) groups is 1. The van der Waals surface area contributed by atoms with Crippen LogP contribution in [0.5, 0.6) is 0 Å². The number of fused-ring (bicyclic) bond motifs is 1. The molecule has 0 unspecified atom stereocenters. The van der Waals surface area contributed by atoms with Crippen molar-refractivity contribution in [2.24, 2.45) is 4.99 Å². The van der Waals surface area contributed by atoms with E-state index in [1.807, 2.05) is 24.3 Å². The Labute approximate surface area is 193 Å². The van der Waals surface area contributed by atoms with Crippen molar-refractivity contribution < 1.29 is 9.53 Å². The first-order chi connectivity index (χ1) is 15.7. The maximum Gasteiger partial charge on any atom is 0.264 e. The smallest absolute Gasteiger partial charge is 0.264 e. The number of amides is 1. The summed E-state index contributed by atoms with van der Waals surface area (Å²) < 4.78 is 5.38. The van der Waals surface area contributed by atoms with Crippen LogP contribution in [0.25, 0.3) is 17.0 Å². The number of carbonyl (C=O) groups excluding carboxylic acids is 1. The van der Waals surface area contributed by atoms with E-state index in [1.165, 1.54) is 23.1 Å². The molecule has 3 aromatic rings. The Morgan fingerprint density at radius 2 is 2.19 bits per heavy atom. The number of nitrogens with one attached hydrogen (secondary N) is 3. The van der Waals surface area contributed by atoms with E-state index in [4.69, 9.17) is 4.74 Å². The first kappa shape index (κ1) is 21.1. The molecule has 0 bridgehead atoms. The normalized spacial score (nSPS) is 19.8. The Balaban J connectivity index is 1.16. The van der Waals surface area contributed by atoms with Gasteiger partial charge in [-0.25, -0.2) is 9.98 Å². The number of H-pyrrole nitrogens is 1. The van der Waals surface area contributed by atoms with Crippen LogP contribution in [0.2, 0.25) is 0 Å². The van der Waals surface area contributed by atoms with Crippen LogP contribution in [0.4, 0.5) is 10.8 Å². The molecule has 4 heterocycles. The molecule has 2 aliphatic rings. The van der Waals surface area contributed by atoms with E-state index in [-0.39, 0.29) is 5.91 Å². The van der Waals surface area contributed by atoms with Gasteiger partial charge < -0.3 is 15.4 Å². The zero-order valence-electron chi connectivity index (χ0n) is 17.3. The molecule has 3 N–H and O–H groups in total. The highest BCUT2D eigenvalue weighted by molar-refractivity contribution is 8.18. The predicted molar refractivity (Wildman–Crippen MR) is 129 cm³/mol. The Bertz CT molecular complexity index is 1160. The van der Waals surface area contributed by atoms with Crippen LogP contribution in [0, 0.1) is 0 Å². The average molecular weight is 470 g/mol. The second kappa shape index (κ2) is 9.82. The summed E-state index contributed by atoms with van der Waals surface area (Å²) >= 11 is 2.87. The van der Waals surface area contributed by atoms with Gasteiger partial charge in [-0.1, -0.05) is 11.3 Å². The Morgan fingerprint density at radius 3 is 3.09 bits per heavy atom. The summed E-state index contributed by atoms with van der Waals surface area (Å²) in [5, 5.41) is 15.6. The molecule has 1 aromatic carbocycles. The number of rotatable bonds is 7. The number of thioether (sulfide) groups is 1. The van der Waals surface area contributed by atoms with Gasteiger partial charge in [0.25, 0.3) is 5.91 Å². The molecule has 1 amide bonds. The first-order valence-corrected chi connectivity index (χ1v) is 12.1. The van der Waals surface area contributed by atoms with Crippen LogP contribution < -0.4 is 10.6 Å². The number of aromatic amines is 1. The van der Waals surface area contributed by atoms with Gasteiger partial charge in [0, 0.05) is 31.2 Å². The lowest BCUT2D eigenvalue weighted by Crippen LogP contribution is -2.37. The van der Waals surface area contributed by atoms with Crippen molar-refractivity contribution in [3.63, 3.8) is 0 Å². The van der Waals surface area contributed by atoms with E-state index in [0.29, 0.717) is 10.1 Å². The van der Waals surface area contributed by atoms with E-state index in [0.717, 1.165) is 72.4 Å². The molecule has 2 saturated heterocycles. The highest BCUT2D eigenvalue weighted by atomic mass is 32.2. The van der Waals surface area contributed by atoms with Crippen LogP contribution in [0.1, 0.15) is 11.3 Å². The lowest BCUT2D eigenvalue weighted by molar-refractivity contribution is -0.115. The summed E-state index contributed by atoms with van der Waals surface area (Å²) in [6, 6.07) is 5.76. The lowest BCUT2D eigenvalue weighted by Gasteiger charge is -2.26. The highest BCUT2D eigenvalue weighted by Crippen LogP contribution is 2.30. The summed E-state index contributed by atoms with van der Waals surface area (Å²) in [7, 11) is 0. The lowest BCUT2D eigenvalue weighted by atomic mass is 10.2. The Morgan fingerprint density at radius 1 is 1.28 bits per heavy atom. The molecule has 0 radical (unpaired) electrons. The molecule has 0 saturated carbocycles. The van der Waals surface area contributed by atoms with Crippen molar-refractivity contribution in [2.45, 2.75) is 6.42 Å². The standard InChI is InChI=1S/C21H23N7O2S2/c29-19-18(32-21(26-19)25-15-3-2-14-12-24-27-17(14)10-15)11-16-13-23-20(31-16)22-4-1-5-28-6-8-30-9-7-28/h2-3,10-13H,1,4-9H2,(H,22,23)(H,24,27)(H,25,26,29). The zero-order chi connectivity index (χ0) is 21.8. The van der Waals surface area contributed by atoms with Gasteiger partial charge in [0.05, 0.1) is 40.4 Å². The van der Waals surface area contributed by atoms with Crippen molar-refractivity contribution in [2.75, 3.05) is 44.7 Å². The van der Waals surface area contributed by atoms with Gasteiger partial charge in [0.1, 0.15) is 0 Å². The minimum absolute atomic E-state index is 0.148. The third-order valence-corrected chi connectivity index (χ3v) is 6.95. The van der Waals surface area contributed by atoms with Crippen molar-refractivity contribution >= 4 is 62.0 Å². The topological polar surface area (TPSA) is 108 Å². The van der Waals surface area contributed by atoms with Crippen molar-refractivity contribution in [1.82, 2.24) is 25.4 Å². The monoisotopic (exact) mass is 469 g/mol. The number of hydrogen-bond donors (Lipinski definition) is 3. The van der Waals surface area contributed by atoms with E-state index < -0.39 is 0 Å². The van der Waals surface area contributed by atoms with E-state index in [1.54, 1.807) is 12.4 Å². The van der Waals surface area contributed by atoms with Crippen molar-refractivity contribution in [3.05, 3.63) is 40.4 Å². The Hall–Kier alpha value is -2.73. The molecule has 0 aliphatic carbocycles. The van der Waals surface area contributed by atoms with Gasteiger partial charge in [-0.3, -0.25) is 14.8 Å². The first-order valence-electron chi connectivity index (χ1n) is 10.5. The van der Waals surface area contributed by atoms with Gasteiger partial charge >= 0.3 is 0 Å². The van der Waals surface area contributed by atoms with Gasteiger partial charge in [0.2, 0.25) is 0 Å². The van der Waals surface area contributed by atoms with Gasteiger partial charge in [0.15, 0.2) is 10.3 Å². The molecule has 2 aromatic heterocycles. The third-order valence-electron chi connectivity index (χ3n) is 5.14. The molecule has 5 rings (SSSR count). The fraction of sp³-hybridized carbons (Fsp3) is 0.333. The SMILES string of the molecule is O=C1NC(=Nc2ccc3cn[nH]c3c2)SC1=Cc1cnc(NCCCN2CCOCC2)s1. The zero-order valence-corrected chi connectivity index (χ0v) is 19.0. The number of hydrogen-bond acceptors (Lipinski definition) is 9. The highest BCUT2D eigenvalue weighted by Gasteiger charge is 2.24. The Kier molecular flexibility index (Phi) is 6.49. The molecule has 32 heavy (non-hydrogen) atoms. The van der Waals surface area contributed by atoms with Gasteiger partial charge in [-0.05, 0) is 49.0 Å². The molecular weight excluding hydrogens is 446 g/mol. The summed E-state index contributed by atoms with van der Waals surface area (Å²) in [6.45, 7) is 5.61. The number of morpholine rings is 1. The van der Waals surface area contributed by atoms with E-state index >= 15 is 0 Å². The number of anilines is 1. The minimum Gasteiger partial charge on any atom is -0.379 e. The largest absolute Gasteiger partial charge is 0.379 e. The van der Waals surface area contributed by atoms with Crippen molar-refractivity contribution in [3.8, 4) is 0 Å². The number of amidine groups is 1. The van der Waals surface area contributed by atoms with Crippen LogP contribution in [0.15, 0.2) is 40.5 Å². The van der Waals surface area contributed by atoms with Crippen molar-refractivity contribution in [1.29, 1.82) is 0 Å². The van der Waals surface area contributed by atoms with Crippen LogP contribution in [-0.2, 0) is 9.53 Å². The molecule has 11 heteroatoms. The summed E-state index contributed by atoms with van der Waals surface area (Å²) in [5.41, 5.74) is 1.67. The maximum atomic E-state index is 12.4. The molecule has 9 nitrogen and oxygen atoms in total. The van der Waals surface area contributed by atoms with Gasteiger partial charge in [-0.15, -0.1) is 0 Å². The van der Waals surface area contributed by atoms with Gasteiger partial charge in [-0.2, -0.15) is 5.10 Å². The number of thiazole rings is 1. The fourth-order valence-electron chi connectivity index (χ4n) is 3.48. The minimum atomic E-state index is -0.148. The van der Waals surface area contributed by atoms with Crippen LogP contribution in [0.3, 0.4) is 0 Å². The number of aliphatic imine (C=N–C) groups is 1. The summed E-state index contributed by atoms with van der Waals surface area (Å²) in [6.07, 6.45) is 6.47. The number of nitrogens with zero attached hydrogens (tertiary/aromatic N) is 4. The molecular formula is C21H23N7O2S2. The number of benzene rings is 1. The second-order valence-corrected chi connectivity index (χ2v) is 9.52. The summed E-state index contributed by atoms with van der Waals surface area (Å²) in [5.74, 6) is -0.148. The fourth-order valence-corrected chi connectivity index (χ4v) is 5.17. The number of aromatic nitrogens is 3. The van der Waals surface area contributed by atoms with Crippen LogP contribution >= 0.6 is 23.1 Å². The quantitative estimate of drug-likeness (QED) is 0.361. The summed E-state index contributed by atoms with van der Waals surface area (Å²) in [4.78, 5) is 25.3. The van der Waals surface area contributed by atoms with Crippen LogP contribution in [-0.4, -0.2) is 70.5 Å². The maximum absolute atomic E-state index is 12.4. The van der Waals surface area contributed by atoms with E-state index in [2.05, 4.69) is 35.7 Å². The average Bonchev–Trinajstić information content (AvgIpc) is 3.53. The predicted octanol–water partition coefficient (Wildman–Crippen LogP) is 3.05. The molecule has 0 spiro atoms. The molecule has 166 valence electrons. The second-order valence-electron chi connectivity index (χ2n) is 7.43. The molecule has 2 aliphatic heterocycles. The molecule has 2 fully saturated rings.